The summed E-state index contributed by atoms with van der Waals surface area (Å²) in [5, 5.41) is 8.23. The first kappa shape index (κ1) is 21.9. The van der Waals surface area contributed by atoms with Gasteiger partial charge in [0.15, 0.2) is 11.5 Å². The van der Waals surface area contributed by atoms with Crippen molar-refractivity contribution in [3.63, 3.8) is 0 Å². The first-order valence-electron chi connectivity index (χ1n) is 9.28. The summed E-state index contributed by atoms with van der Waals surface area (Å²) in [6, 6.07) is 9.52. The van der Waals surface area contributed by atoms with Crippen LogP contribution in [0.5, 0.6) is 17.2 Å². The highest BCUT2D eigenvalue weighted by Gasteiger charge is 2.59. The van der Waals surface area contributed by atoms with Crippen LogP contribution in [0, 0.1) is 5.41 Å². The number of hydrogen-bond acceptors (Lipinski definition) is 6. The van der Waals surface area contributed by atoms with Gasteiger partial charge in [-0.05, 0) is 29.2 Å². The summed E-state index contributed by atoms with van der Waals surface area (Å²) < 4.78 is 38.9. The number of carbonyl (C=O) groups excluding carboxylic acids is 1. The van der Waals surface area contributed by atoms with E-state index in [2.05, 4.69) is 5.32 Å². The quantitative estimate of drug-likeness (QED) is 0.690. The molecule has 0 bridgehead atoms. The Morgan fingerprint density at radius 2 is 1.67 bits per heavy atom. The van der Waals surface area contributed by atoms with Gasteiger partial charge < -0.3 is 19.5 Å². The number of amides is 1. The third kappa shape index (κ3) is 3.95. The number of sulfonamides is 1. The van der Waals surface area contributed by atoms with Crippen molar-refractivity contribution in [2.24, 2.45) is 10.6 Å². The molecule has 1 saturated carbocycles. The molecule has 162 valence electrons. The van der Waals surface area contributed by atoms with Crippen LogP contribution >= 0.6 is 0 Å². The van der Waals surface area contributed by atoms with E-state index >= 15 is 0 Å². The normalized spacial score (nSPS) is 19.7. The zero-order valence-corrected chi connectivity index (χ0v) is 18.4. The highest BCUT2D eigenvalue weighted by atomic mass is 32.2. The Morgan fingerprint density at radius 3 is 2.17 bits per heavy atom. The van der Waals surface area contributed by atoms with E-state index in [4.69, 9.17) is 19.3 Å². The molecular weight excluding hydrogens is 408 g/mol. The van der Waals surface area contributed by atoms with Gasteiger partial charge >= 0.3 is 0 Å². The number of primary sulfonamides is 1. The van der Waals surface area contributed by atoms with Gasteiger partial charge in [-0.2, -0.15) is 0 Å². The van der Waals surface area contributed by atoms with Crippen molar-refractivity contribution < 1.29 is 27.4 Å². The Morgan fingerprint density at radius 1 is 1.03 bits per heavy atom. The summed E-state index contributed by atoms with van der Waals surface area (Å²) in [4.78, 5) is 13.1. The molecule has 0 heterocycles. The molecule has 3 rings (SSSR count). The molecule has 3 N–H and O–H groups in total. The maximum atomic E-state index is 13.1. The summed E-state index contributed by atoms with van der Waals surface area (Å²) in [5.74, 6) is 0.902. The molecule has 2 aromatic rings. The Kier molecular flexibility index (Phi) is 5.70. The first-order chi connectivity index (χ1) is 14.0. The van der Waals surface area contributed by atoms with E-state index in [0.29, 0.717) is 22.8 Å². The molecule has 0 unspecified atom stereocenters. The third-order valence-corrected chi connectivity index (χ3v) is 6.54. The van der Waals surface area contributed by atoms with Crippen molar-refractivity contribution in [3.05, 3.63) is 47.5 Å². The van der Waals surface area contributed by atoms with Crippen LogP contribution in [-0.4, -0.2) is 41.7 Å². The fraction of sp³-hybridized carbons (Fsp3) is 0.381. The largest absolute Gasteiger partial charge is 0.497 e. The van der Waals surface area contributed by atoms with E-state index in [1.807, 2.05) is 13.8 Å². The van der Waals surface area contributed by atoms with E-state index in [9.17, 15) is 13.2 Å². The van der Waals surface area contributed by atoms with Crippen molar-refractivity contribution in [3.8, 4) is 17.2 Å². The molecule has 0 aliphatic heterocycles. The Balaban J connectivity index is 1.86. The first-order valence-corrected chi connectivity index (χ1v) is 10.8. The molecular formula is C21H26N2O6S. The summed E-state index contributed by atoms with van der Waals surface area (Å²) in [6.07, 6.45) is 0. The minimum atomic E-state index is -3.75. The molecule has 0 saturated heterocycles. The standard InChI is InChI=1S/C21H26N2O6S/c1-21(2)17(12-6-8-14(9-7-12)30(22,25)26)19(21)23-20(24)15-10-13(27-3)11-16(28-4)18(15)29-5/h6-11,17,19H,1-5H3,(H,23,24)(H2,22,25,26)/t17-,19-/m1/s1. The third-order valence-electron chi connectivity index (χ3n) is 5.61. The second-order valence-corrected chi connectivity index (χ2v) is 9.34. The van der Waals surface area contributed by atoms with Crippen LogP contribution in [-0.2, 0) is 10.0 Å². The Bertz CT molecular complexity index is 1060. The maximum absolute atomic E-state index is 13.1. The second kappa shape index (κ2) is 7.81. The van der Waals surface area contributed by atoms with Crippen molar-refractivity contribution in [2.75, 3.05) is 21.3 Å². The summed E-state index contributed by atoms with van der Waals surface area (Å²) in [7, 11) is 0.718. The molecule has 2 aromatic carbocycles. The average Bonchev–Trinajstić information content (AvgIpc) is 3.25. The predicted molar refractivity (Wildman–Crippen MR) is 112 cm³/mol. The maximum Gasteiger partial charge on any atom is 0.255 e. The highest BCUT2D eigenvalue weighted by molar-refractivity contribution is 7.89. The summed E-state index contributed by atoms with van der Waals surface area (Å²) in [5.41, 5.74) is 1.02. The van der Waals surface area contributed by atoms with Crippen LogP contribution in [0.2, 0.25) is 0 Å². The van der Waals surface area contributed by atoms with Gasteiger partial charge in [-0.15, -0.1) is 0 Å². The average molecular weight is 435 g/mol. The molecule has 1 fully saturated rings. The lowest BCUT2D eigenvalue weighted by atomic mass is 10.0. The molecule has 0 spiro atoms. The molecule has 0 radical (unpaired) electrons. The van der Waals surface area contributed by atoms with Gasteiger partial charge in [-0.3, -0.25) is 4.79 Å². The number of methoxy groups -OCH3 is 3. The van der Waals surface area contributed by atoms with Gasteiger partial charge in [0.2, 0.25) is 10.0 Å². The molecule has 9 heteroatoms. The number of carbonyl (C=O) groups is 1. The number of benzene rings is 2. The number of hydrogen-bond donors (Lipinski definition) is 2. The second-order valence-electron chi connectivity index (χ2n) is 7.77. The molecule has 0 aromatic heterocycles. The van der Waals surface area contributed by atoms with Gasteiger partial charge in [0.1, 0.15) is 5.75 Å². The van der Waals surface area contributed by atoms with Crippen molar-refractivity contribution in [2.45, 2.75) is 30.7 Å². The van der Waals surface area contributed by atoms with E-state index < -0.39 is 10.0 Å². The topological polar surface area (TPSA) is 117 Å². The van der Waals surface area contributed by atoms with Crippen LogP contribution in [0.3, 0.4) is 0 Å². The molecule has 2 atom stereocenters. The van der Waals surface area contributed by atoms with Crippen LogP contribution in [0.15, 0.2) is 41.3 Å². The zero-order valence-electron chi connectivity index (χ0n) is 17.6. The van der Waals surface area contributed by atoms with Crippen LogP contribution < -0.4 is 24.7 Å². The van der Waals surface area contributed by atoms with Crippen molar-refractivity contribution in [1.82, 2.24) is 5.32 Å². The van der Waals surface area contributed by atoms with Crippen LogP contribution in [0.1, 0.15) is 35.7 Å². The van der Waals surface area contributed by atoms with Crippen LogP contribution in [0.25, 0.3) is 0 Å². The van der Waals surface area contributed by atoms with Crippen LogP contribution in [0.4, 0.5) is 0 Å². The van der Waals surface area contributed by atoms with E-state index in [1.54, 1.807) is 24.3 Å². The fourth-order valence-corrected chi connectivity index (χ4v) is 4.35. The van der Waals surface area contributed by atoms with Gasteiger partial charge in [-0.1, -0.05) is 26.0 Å². The molecule has 30 heavy (non-hydrogen) atoms. The minimum Gasteiger partial charge on any atom is -0.497 e. The van der Waals surface area contributed by atoms with E-state index in [0.717, 1.165) is 5.56 Å². The van der Waals surface area contributed by atoms with Crippen molar-refractivity contribution in [1.29, 1.82) is 0 Å². The zero-order chi connectivity index (χ0) is 22.3. The van der Waals surface area contributed by atoms with Gasteiger partial charge in [0.05, 0.1) is 31.8 Å². The highest BCUT2D eigenvalue weighted by Crippen LogP contribution is 2.58. The molecule has 1 amide bonds. The predicted octanol–water partition coefficient (Wildman–Crippen LogP) is 2.28. The number of rotatable bonds is 7. The smallest absolute Gasteiger partial charge is 0.255 e. The molecule has 8 nitrogen and oxygen atoms in total. The molecule has 1 aliphatic rings. The SMILES string of the molecule is COc1cc(OC)c(OC)c(C(=O)N[C@@H]2[C@@H](c3ccc(S(N)(=O)=O)cc3)C2(C)C)c1. The van der Waals surface area contributed by atoms with Gasteiger partial charge in [-0.25, -0.2) is 13.6 Å². The Labute approximate surface area is 176 Å². The molecule has 1 aliphatic carbocycles. The van der Waals surface area contributed by atoms with E-state index in [-0.39, 0.29) is 28.2 Å². The van der Waals surface area contributed by atoms with Gasteiger partial charge in [0.25, 0.3) is 5.91 Å². The lowest BCUT2D eigenvalue weighted by Crippen LogP contribution is -2.29. The fourth-order valence-electron chi connectivity index (χ4n) is 3.84. The van der Waals surface area contributed by atoms with E-state index in [1.165, 1.54) is 33.5 Å². The number of nitrogens with one attached hydrogen (secondary N) is 1. The summed E-state index contributed by atoms with van der Waals surface area (Å²) >= 11 is 0. The number of ether oxygens (including phenoxy) is 3. The van der Waals surface area contributed by atoms with Crippen molar-refractivity contribution >= 4 is 15.9 Å². The van der Waals surface area contributed by atoms with Gasteiger partial charge in [0, 0.05) is 18.0 Å². The Hall–Kier alpha value is -2.78. The minimum absolute atomic E-state index is 0.0227. The summed E-state index contributed by atoms with van der Waals surface area (Å²) in [6.45, 7) is 4.08. The lowest BCUT2D eigenvalue weighted by Gasteiger charge is -2.15. The monoisotopic (exact) mass is 434 g/mol. The lowest BCUT2D eigenvalue weighted by molar-refractivity contribution is 0.0941. The number of nitrogens with two attached hydrogens (primary N) is 1.